The van der Waals surface area contributed by atoms with E-state index in [-0.39, 0.29) is 12.7 Å². The maximum Gasteiger partial charge on any atom is 0.231 e. The number of ether oxygens (including phenoxy) is 2. The van der Waals surface area contributed by atoms with Crippen molar-refractivity contribution in [3.63, 3.8) is 0 Å². The average Bonchev–Trinajstić information content (AvgIpc) is 3.06. The molecule has 0 atom stereocenters. The van der Waals surface area contributed by atoms with Crippen molar-refractivity contribution in [2.45, 2.75) is 32.2 Å². The molecule has 4 rings (SSSR count). The second-order valence-corrected chi connectivity index (χ2v) is 6.13. The van der Waals surface area contributed by atoms with Gasteiger partial charge in [0.25, 0.3) is 0 Å². The zero-order valence-electron chi connectivity index (χ0n) is 12.8. The quantitative estimate of drug-likeness (QED) is 0.890. The monoisotopic (exact) mass is 313 g/mol. The lowest BCUT2D eigenvalue weighted by Crippen LogP contribution is -2.12. The molecule has 23 heavy (non-hydrogen) atoms. The highest BCUT2D eigenvalue weighted by atomic mass is 16.7. The Morgan fingerprint density at radius 3 is 3.04 bits per heavy atom. The number of carbonyl (C=O) groups excluding carboxylic acids is 1. The Hall–Kier alpha value is -2.50. The summed E-state index contributed by atoms with van der Waals surface area (Å²) in [4.78, 5) is 12.1. The van der Waals surface area contributed by atoms with Gasteiger partial charge in [0.05, 0.1) is 11.9 Å². The van der Waals surface area contributed by atoms with Crippen LogP contribution >= 0.6 is 0 Å². The van der Waals surface area contributed by atoms with Crippen LogP contribution in [0.4, 0.5) is 5.69 Å². The molecule has 120 valence electrons. The van der Waals surface area contributed by atoms with Crippen molar-refractivity contribution in [3.8, 4) is 11.5 Å². The summed E-state index contributed by atoms with van der Waals surface area (Å²) in [5.41, 5.74) is 1.83. The average molecular weight is 313 g/mol. The van der Waals surface area contributed by atoms with Crippen LogP contribution in [0, 0.1) is 5.92 Å². The van der Waals surface area contributed by atoms with Crippen molar-refractivity contribution in [1.29, 1.82) is 0 Å². The van der Waals surface area contributed by atoms with Gasteiger partial charge in [-0.2, -0.15) is 5.10 Å². The molecule has 0 unspecified atom stereocenters. The summed E-state index contributed by atoms with van der Waals surface area (Å²) >= 11 is 0. The van der Waals surface area contributed by atoms with E-state index in [0.29, 0.717) is 12.8 Å². The van der Waals surface area contributed by atoms with Crippen LogP contribution in [0.5, 0.6) is 11.5 Å². The lowest BCUT2D eigenvalue weighted by molar-refractivity contribution is -0.116. The summed E-state index contributed by atoms with van der Waals surface area (Å²) in [5, 5.41) is 7.18. The van der Waals surface area contributed by atoms with E-state index in [1.54, 1.807) is 6.20 Å². The number of amides is 1. The van der Waals surface area contributed by atoms with Gasteiger partial charge in [-0.05, 0) is 42.9 Å². The molecule has 2 heterocycles. The van der Waals surface area contributed by atoms with Gasteiger partial charge in [0, 0.05) is 19.2 Å². The molecule has 6 nitrogen and oxygen atoms in total. The number of benzene rings is 1. The highest BCUT2D eigenvalue weighted by molar-refractivity contribution is 5.90. The Morgan fingerprint density at radius 1 is 1.30 bits per heavy atom. The van der Waals surface area contributed by atoms with Crippen LogP contribution in [-0.2, 0) is 17.8 Å². The first-order chi connectivity index (χ1) is 11.3. The van der Waals surface area contributed by atoms with E-state index in [2.05, 4.69) is 10.4 Å². The van der Waals surface area contributed by atoms with E-state index in [4.69, 9.17) is 9.47 Å². The highest BCUT2D eigenvalue weighted by Gasteiger charge is 2.22. The van der Waals surface area contributed by atoms with Gasteiger partial charge in [-0.1, -0.05) is 6.07 Å². The molecule has 2 aliphatic rings. The number of aryl methyl sites for hydroxylation is 1. The standard InChI is InChI=1S/C17H19N3O3/c21-17(19-14-8-18-20(10-14)9-13-1-2-13)6-4-12-3-5-15-16(7-12)23-11-22-15/h3,5,7-8,10,13H,1-2,4,6,9,11H2,(H,19,21). The molecule has 2 aromatic rings. The molecule has 1 amide bonds. The summed E-state index contributed by atoms with van der Waals surface area (Å²) in [6.45, 7) is 1.22. The van der Waals surface area contributed by atoms with Gasteiger partial charge in [0.15, 0.2) is 11.5 Å². The Bertz CT molecular complexity index is 722. The number of fused-ring (bicyclic) bond motifs is 1. The normalized spacial score (nSPS) is 15.7. The minimum atomic E-state index is -0.00589. The van der Waals surface area contributed by atoms with Crippen LogP contribution in [0.1, 0.15) is 24.8 Å². The first-order valence-electron chi connectivity index (χ1n) is 7.97. The van der Waals surface area contributed by atoms with Gasteiger partial charge in [0.2, 0.25) is 12.7 Å². The second kappa shape index (κ2) is 5.95. The van der Waals surface area contributed by atoms with E-state index in [9.17, 15) is 4.79 Å². The third-order valence-corrected chi connectivity index (χ3v) is 4.14. The number of aromatic nitrogens is 2. The highest BCUT2D eigenvalue weighted by Crippen LogP contribution is 2.33. The van der Waals surface area contributed by atoms with Crippen molar-refractivity contribution in [2.24, 2.45) is 5.92 Å². The largest absolute Gasteiger partial charge is 0.454 e. The Morgan fingerprint density at radius 2 is 2.17 bits per heavy atom. The lowest BCUT2D eigenvalue weighted by atomic mass is 10.1. The van der Waals surface area contributed by atoms with Gasteiger partial charge in [0.1, 0.15) is 0 Å². The van der Waals surface area contributed by atoms with Crippen LogP contribution in [0.15, 0.2) is 30.6 Å². The fourth-order valence-electron chi connectivity index (χ4n) is 2.67. The third-order valence-electron chi connectivity index (χ3n) is 4.14. The first kappa shape index (κ1) is 14.1. The number of nitrogens with zero attached hydrogens (tertiary/aromatic N) is 2. The molecule has 1 fully saturated rings. The van der Waals surface area contributed by atoms with E-state index >= 15 is 0 Å². The van der Waals surface area contributed by atoms with Crippen LogP contribution in [-0.4, -0.2) is 22.5 Å². The maximum absolute atomic E-state index is 12.1. The molecule has 0 spiro atoms. The Balaban J connectivity index is 1.28. The zero-order valence-corrected chi connectivity index (χ0v) is 12.8. The van der Waals surface area contributed by atoms with Crippen LogP contribution in [0.2, 0.25) is 0 Å². The van der Waals surface area contributed by atoms with Crippen LogP contribution in [0.25, 0.3) is 0 Å². The minimum absolute atomic E-state index is 0.00589. The minimum Gasteiger partial charge on any atom is -0.454 e. The van der Waals surface area contributed by atoms with Crippen molar-refractivity contribution in [2.75, 3.05) is 12.1 Å². The molecular formula is C17H19N3O3. The summed E-state index contributed by atoms with van der Waals surface area (Å²) < 4.78 is 12.5. The molecule has 1 N–H and O–H groups in total. The van der Waals surface area contributed by atoms with Crippen molar-refractivity contribution in [3.05, 3.63) is 36.2 Å². The number of carbonyl (C=O) groups is 1. The van der Waals surface area contributed by atoms with Gasteiger partial charge in [-0.3, -0.25) is 9.48 Å². The van der Waals surface area contributed by atoms with E-state index < -0.39 is 0 Å². The zero-order chi connectivity index (χ0) is 15.6. The van der Waals surface area contributed by atoms with E-state index in [0.717, 1.165) is 35.2 Å². The molecule has 0 bridgehead atoms. The predicted molar refractivity (Wildman–Crippen MR) is 84.5 cm³/mol. The Labute approximate surface area is 134 Å². The van der Waals surface area contributed by atoms with E-state index in [1.165, 1.54) is 12.8 Å². The first-order valence-corrected chi connectivity index (χ1v) is 7.97. The molecule has 1 aliphatic carbocycles. The molecule has 1 aromatic heterocycles. The summed E-state index contributed by atoms with van der Waals surface area (Å²) in [7, 11) is 0. The second-order valence-electron chi connectivity index (χ2n) is 6.13. The van der Waals surface area contributed by atoms with Crippen LogP contribution in [0.3, 0.4) is 0 Å². The van der Waals surface area contributed by atoms with Gasteiger partial charge < -0.3 is 14.8 Å². The maximum atomic E-state index is 12.1. The SMILES string of the molecule is O=C(CCc1ccc2c(c1)OCO2)Nc1cnn(CC2CC2)c1. The van der Waals surface area contributed by atoms with Crippen LogP contribution < -0.4 is 14.8 Å². The number of hydrogen-bond acceptors (Lipinski definition) is 4. The fourth-order valence-corrected chi connectivity index (χ4v) is 2.67. The van der Waals surface area contributed by atoms with Crippen molar-refractivity contribution in [1.82, 2.24) is 9.78 Å². The van der Waals surface area contributed by atoms with Gasteiger partial charge in [-0.15, -0.1) is 0 Å². The molecule has 1 aromatic carbocycles. The molecule has 0 radical (unpaired) electrons. The number of rotatable bonds is 6. The van der Waals surface area contributed by atoms with Crippen molar-refractivity contribution < 1.29 is 14.3 Å². The molecule has 0 saturated heterocycles. The third kappa shape index (κ3) is 3.47. The molecular weight excluding hydrogens is 294 g/mol. The number of nitrogens with one attached hydrogen (secondary N) is 1. The van der Waals surface area contributed by atoms with Gasteiger partial charge >= 0.3 is 0 Å². The molecule has 6 heteroatoms. The lowest BCUT2D eigenvalue weighted by Gasteiger charge is -2.04. The molecule has 1 saturated carbocycles. The van der Waals surface area contributed by atoms with Gasteiger partial charge in [-0.25, -0.2) is 0 Å². The topological polar surface area (TPSA) is 65.4 Å². The summed E-state index contributed by atoms with van der Waals surface area (Å²) in [5.74, 6) is 2.28. The fraction of sp³-hybridized carbons (Fsp3) is 0.412. The number of hydrogen-bond donors (Lipinski definition) is 1. The summed E-state index contributed by atoms with van der Waals surface area (Å²) in [6, 6.07) is 5.79. The predicted octanol–water partition coefficient (Wildman–Crippen LogP) is 2.59. The smallest absolute Gasteiger partial charge is 0.231 e. The summed E-state index contributed by atoms with van der Waals surface area (Å²) in [6.07, 6.45) is 7.28. The Kier molecular flexibility index (Phi) is 3.65. The van der Waals surface area contributed by atoms with Crippen molar-refractivity contribution >= 4 is 11.6 Å². The number of anilines is 1. The van der Waals surface area contributed by atoms with E-state index in [1.807, 2.05) is 29.1 Å². The molecule has 1 aliphatic heterocycles.